The molecule has 10 heteroatoms. The Balaban J connectivity index is 1.72. The van der Waals surface area contributed by atoms with E-state index in [4.69, 9.17) is 14.6 Å². The molecular formula is C23H22N2O8. The van der Waals surface area contributed by atoms with Gasteiger partial charge in [0.15, 0.2) is 12.4 Å². The Hall–Kier alpha value is -4.21. The molecule has 0 spiro atoms. The maximum Gasteiger partial charge on any atom is 0.335 e. The van der Waals surface area contributed by atoms with E-state index in [0.717, 1.165) is 0 Å². The number of benzene rings is 2. The summed E-state index contributed by atoms with van der Waals surface area (Å²) in [4.78, 5) is 61.1. The summed E-state index contributed by atoms with van der Waals surface area (Å²) in [5.74, 6) is -2.51. The molecule has 1 aliphatic rings. The number of carbonyl (C=O) groups is 5. The number of rotatable bonds is 9. The first kappa shape index (κ1) is 23.5. The number of aromatic carboxylic acids is 1. The zero-order valence-electron chi connectivity index (χ0n) is 17.8. The third kappa shape index (κ3) is 5.94. The fraction of sp³-hybridized carbons (Fsp3) is 0.261. The van der Waals surface area contributed by atoms with Gasteiger partial charge in [0.2, 0.25) is 5.91 Å². The standard InChI is InChI=1S/C23H22N2O8/c1-2-32-22(29)10-8-18(26)15-5-9-19-17(11-15)25(21(28)13-33-19)12-20(27)24-16-6-3-14(4-7-16)23(30)31/h3-7,9,11H,2,8,10,12-13H2,1H3,(H,24,27)(H,30,31). The maximum atomic E-state index is 12.5. The van der Waals surface area contributed by atoms with Crippen LogP contribution in [-0.2, 0) is 19.1 Å². The molecule has 2 amide bonds. The highest BCUT2D eigenvalue weighted by Crippen LogP contribution is 2.33. The van der Waals surface area contributed by atoms with Crippen LogP contribution in [0.5, 0.6) is 5.75 Å². The number of carboxylic acids is 1. The summed E-state index contributed by atoms with van der Waals surface area (Å²) in [6.45, 7) is 1.31. The minimum Gasteiger partial charge on any atom is -0.482 e. The van der Waals surface area contributed by atoms with Crippen LogP contribution in [0, 0.1) is 0 Å². The first-order valence-corrected chi connectivity index (χ1v) is 10.2. The third-order valence-electron chi connectivity index (χ3n) is 4.80. The van der Waals surface area contributed by atoms with Gasteiger partial charge in [-0.3, -0.25) is 24.1 Å². The molecular weight excluding hydrogens is 432 g/mol. The summed E-state index contributed by atoms with van der Waals surface area (Å²) in [6, 6.07) is 10.1. The first-order valence-electron chi connectivity index (χ1n) is 10.2. The van der Waals surface area contributed by atoms with Crippen molar-refractivity contribution in [2.75, 3.05) is 30.0 Å². The van der Waals surface area contributed by atoms with Gasteiger partial charge in [-0.05, 0) is 49.4 Å². The van der Waals surface area contributed by atoms with Gasteiger partial charge in [-0.2, -0.15) is 0 Å². The molecule has 1 heterocycles. The molecule has 10 nitrogen and oxygen atoms in total. The van der Waals surface area contributed by atoms with Gasteiger partial charge in [-0.25, -0.2) is 4.79 Å². The van der Waals surface area contributed by atoms with E-state index in [1.807, 2.05) is 0 Å². The van der Waals surface area contributed by atoms with Crippen molar-refractivity contribution in [3.63, 3.8) is 0 Å². The summed E-state index contributed by atoms with van der Waals surface area (Å²) in [6.07, 6.45) is -0.120. The van der Waals surface area contributed by atoms with Crippen molar-refractivity contribution in [3.8, 4) is 5.75 Å². The van der Waals surface area contributed by atoms with Crippen LogP contribution in [0.3, 0.4) is 0 Å². The van der Waals surface area contributed by atoms with Crippen molar-refractivity contribution in [1.82, 2.24) is 0 Å². The average molecular weight is 454 g/mol. The number of carboxylic acid groups (broad SMARTS) is 1. The number of nitrogens with zero attached hydrogens (tertiary/aromatic N) is 1. The number of fused-ring (bicyclic) bond motifs is 1. The lowest BCUT2D eigenvalue weighted by Crippen LogP contribution is -2.43. The molecule has 0 unspecified atom stereocenters. The molecule has 0 aliphatic carbocycles. The van der Waals surface area contributed by atoms with E-state index in [9.17, 15) is 24.0 Å². The van der Waals surface area contributed by atoms with Crippen LogP contribution in [0.4, 0.5) is 11.4 Å². The molecule has 3 rings (SSSR count). The van der Waals surface area contributed by atoms with Gasteiger partial charge in [-0.1, -0.05) is 0 Å². The number of ether oxygens (including phenoxy) is 2. The van der Waals surface area contributed by atoms with Gasteiger partial charge >= 0.3 is 11.9 Å². The monoisotopic (exact) mass is 454 g/mol. The van der Waals surface area contributed by atoms with E-state index in [-0.39, 0.29) is 55.2 Å². The molecule has 0 fully saturated rings. The van der Waals surface area contributed by atoms with E-state index in [2.05, 4.69) is 5.32 Å². The van der Waals surface area contributed by atoms with Crippen LogP contribution in [0.2, 0.25) is 0 Å². The second-order valence-corrected chi connectivity index (χ2v) is 7.11. The SMILES string of the molecule is CCOC(=O)CCC(=O)c1ccc2c(c1)N(CC(=O)Nc1ccc(C(=O)O)cc1)C(=O)CO2. The van der Waals surface area contributed by atoms with Crippen LogP contribution in [0.25, 0.3) is 0 Å². The van der Waals surface area contributed by atoms with Gasteiger partial charge in [0.05, 0.1) is 24.3 Å². The van der Waals surface area contributed by atoms with Crippen molar-refractivity contribution in [2.45, 2.75) is 19.8 Å². The van der Waals surface area contributed by atoms with Crippen molar-refractivity contribution < 1.29 is 38.6 Å². The van der Waals surface area contributed by atoms with E-state index < -0.39 is 23.8 Å². The van der Waals surface area contributed by atoms with E-state index >= 15 is 0 Å². The minimum absolute atomic E-state index is 0.0563. The highest BCUT2D eigenvalue weighted by molar-refractivity contribution is 6.06. The number of anilines is 2. The number of hydrogen-bond acceptors (Lipinski definition) is 7. The summed E-state index contributed by atoms with van der Waals surface area (Å²) < 4.78 is 10.2. The maximum absolute atomic E-state index is 12.5. The fourth-order valence-electron chi connectivity index (χ4n) is 3.18. The highest BCUT2D eigenvalue weighted by Gasteiger charge is 2.28. The molecule has 0 bridgehead atoms. The van der Waals surface area contributed by atoms with Gasteiger partial charge < -0.3 is 19.9 Å². The van der Waals surface area contributed by atoms with Crippen LogP contribution in [0.1, 0.15) is 40.5 Å². The largest absolute Gasteiger partial charge is 0.482 e. The lowest BCUT2D eigenvalue weighted by Gasteiger charge is -2.29. The van der Waals surface area contributed by atoms with Gasteiger partial charge in [0.25, 0.3) is 5.91 Å². The number of Topliss-reactive ketones (excluding diaryl/α,β-unsaturated/α-hetero) is 1. The summed E-state index contributed by atoms with van der Waals surface area (Å²) >= 11 is 0. The van der Waals surface area contributed by atoms with Gasteiger partial charge in [0, 0.05) is 17.7 Å². The molecule has 2 N–H and O–H groups in total. The molecule has 172 valence electrons. The van der Waals surface area contributed by atoms with Crippen molar-refractivity contribution in [3.05, 3.63) is 53.6 Å². The predicted molar refractivity (Wildman–Crippen MR) is 117 cm³/mol. The molecule has 0 aromatic heterocycles. The second kappa shape index (κ2) is 10.4. The molecule has 2 aromatic rings. The molecule has 0 radical (unpaired) electrons. The van der Waals surface area contributed by atoms with Gasteiger partial charge in [0.1, 0.15) is 12.3 Å². The van der Waals surface area contributed by atoms with Crippen molar-refractivity contribution in [2.24, 2.45) is 0 Å². The summed E-state index contributed by atoms with van der Waals surface area (Å²) in [5.41, 5.74) is 0.981. The van der Waals surface area contributed by atoms with Crippen molar-refractivity contribution in [1.29, 1.82) is 0 Å². The predicted octanol–water partition coefficient (Wildman–Crippen LogP) is 2.27. The number of amides is 2. The zero-order valence-corrected chi connectivity index (χ0v) is 17.8. The zero-order chi connectivity index (χ0) is 24.0. The lowest BCUT2D eigenvalue weighted by atomic mass is 10.0. The Morgan fingerprint density at radius 1 is 1.06 bits per heavy atom. The fourth-order valence-corrected chi connectivity index (χ4v) is 3.18. The van der Waals surface area contributed by atoms with Crippen LogP contribution in [-0.4, -0.2) is 54.4 Å². The molecule has 0 saturated carbocycles. The van der Waals surface area contributed by atoms with E-state index in [1.165, 1.54) is 47.4 Å². The molecule has 0 saturated heterocycles. The summed E-state index contributed by atoms with van der Waals surface area (Å²) in [5, 5.41) is 11.6. The quantitative estimate of drug-likeness (QED) is 0.435. The molecule has 2 aromatic carbocycles. The average Bonchev–Trinajstić information content (AvgIpc) is 2.79. The number of esters is 1. The molecule has 1 aliphatic heterocycles. The van der Waals surface area contributed by atoms with Gasteiger partial charge in [-0.15, -0.1) is 0 Å². The molecule has 33 heavy (non-hydrogen) atoms. The summed E-state index contributed by atoms with van der Waals surface area (Å²) in [7, 11) is 0. The number of nitrogens with one attached hydrogen (secondary N) is 1. The van der Waals surface area contributed by atoms with Crippen LogP contribution in [0.15, 0.2) is 42.5 Å². The Morgan fingerprint density at radius 2 is 1.76 bits per heavy atom. The first-order chi connectivity index (χ1) is 15.8. The van der Waals surface area contributed by atoms with Crippen LogP contribution < -0.4 is 15.0 Å². The molecule has 0 atom stereocenters. The lowest BCUT2D eigenvalue weighted by molar-refractivity contribution is -0.143. The minimum atomic E-state index is -1.09. The smallest absolute Gasteiger partial charge is 0.335 e. The van der Waals surface area contributed by atoms with Crippen molar-refractivity contribution >= 4 is 40.9 Å². The third-order valence-corrected chi connectivity index (χ3v) is 4.80. The Labute approximate surface area is 189 Å². The number of hydrogen-bond donors (Lipinski definition) is 2. The van der Waals surface area contributed by atoms with E-state index in [0.29, 0.717) is 11.4 Å². The highest BCUT2D eigenvalue weighted by atomic mass is 16.5. The Kier molecular flexibility index (Phi) is 7.39. The normalized spacial score (nSPS) is 12.4. The number of carbonyl (C=O) groups excluding carboxylic acids is 4. The second-order valence-electron chi connectivity index (χ2n) is 7.11. The Bertz CT molecular complexity index is 1090. The Morgan fingerprint density at radius 3 is 2.42 bits per heavy atom. The van der Waals surface area contributed by atoms with E-state index in [1.54, 1.807) is 6.92 Å². The number of ketones is 1. The topological polar surface area (TPSA) is 139 Å². The van der Waals surface area contributed by atoms with Crippen LogP contribution >= 0.6 is 0 Å².